The number of carbonyl (C=O) groups excluding carboxylic acids is 1. The Hall–Kier alpha value is -1.05. The van der Waals surface area contributed by atoms with Crippen molar-refractivity contribution in [2.75, 3.05) is 32.4 Å². The van der Waals surface area contributed by atoms with E-state index in [-0.39, 0.29) is 5.70 Å². The van der Waals surface area contributed by atoms with E-state index in [1.165, 1.54) is 29.5 Å². The lowest BCUT2D eigenvalue weighted by atomic mass is 10.0. The molecule has 7 heteroatoms. The summed E-state index contributed by atoms with van der Waals surface area (Å²) in [5.41, 5.74) is 0.929. The molecule has 3 aliphatic rings. The van der Waals surface area contributed by atoms with Crippen molar-refractivity contribution in [2.24, 2.45) is 0 Å². The number of carbonyl (C=O) groups is 2. The molecule has 0 aliphatic carbocycles. The molecule has 3 aliphatic heterocycles. The molecular weight excluding hydrogens is 280 g/mol. The molecule has 1 amide bonds. The monoisotopic (exact) mass is 299 g/mol. The van der Waals surface area contributed by atoms with Gasteiger partial charge in [-0.25, -0.2) is 4.79 Å². The Morgan fingerprint density at radius 3 is 2.70 bits per heavy atom. The molecule has 0 aromatic rings. The number of β-lactam (4-membered cyclic amide) rings is 1. The van der Waals surface area contributed by atoms with Crippen LogP contribution in [0.15, 0.2) is 11.3 Å². The Kier molecular flexibility index (Phi) is 3.30. The predicted molar refractivity (Wildman–Crippen MR) is 73.8 cm³/mol. The molecule has 0 aromatic carbocycles. The number of likely N-dealkylation sites (tertiary alicyclic amines) is 1. The summed E-state index contributed by atoms with van der Waals surface area (Å²) in [6.45, 7) is 2.80. The summed E-state index contributed by atoms with van der Waals surface area (Å²) in [4.78, 5) is 24.5. The molecule has 0 saturated carbocycles. The predicted octanol–water partition coefficient (Wildman–Crippen LogP) is -0.158. The van der Waals surface area contributed by atoms with Gasteiger partial charge in [-0.15, -0.1) is 11.8 Å². The number of nitrogens with zero attached hydrogens (tertiary/aromatic N) is 2. The zero-order chi connectivity index (χ0) is 14.5. The minimum atomic E-state index is -1.06. The van der Waals surface area contributed by atoms with Gasteiger partial charge >= 0.3 is 5.97 Å². The maximum atomic E-state index is 11.7. The number of rotatable bonds is 3. The average molecular weight is 299 g/mol. The third-order valence-electron chi connectivity index (χ3n) is 4.44. The fourth-order valence-electron chi connectivity index (χ4n) is 3.37. The molecule has 0 radical (unpaired) electrons. The van der Waals surface area contributed by atoms with E-state index in [0.717, 1.165) is 23.1 Å². The number of carboxylic acids is 1. The molecule has 2 N–H and O–H groups in total. The second-order valence-corrected chi connectivity index (χ2v) is 7.15. The van der Waals surface area contributed by atoms with Gasteiger partial charge in [0.1, 0.15) is 17.6 Å². The van der Waals surface area contributed by atoms with Crippen molar-refractivity contribution in [3.8, 4) is 0 Å². The van der Waals surface area contributed by atoms with Crippen molar-refractivity contribution in [2.45, 2.75) is 24.3 Å². The maximum Gasteiger partial charge on any atom is 0.352 e. The van der Waals surface area contributed by atoms with Crippen LogP contribution in [0, 0.1) is 0 Å². The van der Waals surface area contributed by atoms with Gasteiger partial charge in [-0.05, 0) is 0 Å². The third-order valence-corrected chi connectivity index (χ3v) is 5.77. The molecule has 20 heavy (non-hydrogen) atoms. The van der Waals surface area contributed by atoms with E-state index in [4.69, 9.17) is 0 Å². The van der Waals surface area contributed by atoms with Crippen LogP contribution in [0.4, 0.5) is 0 Å². The quantitative estimate of drug-likeness (QED) is 0.559. The van der Waals surface area contributed by atoms with E-state index >= 15 is 0 Å². The number of aliphatic hydroxyl groups is 1. The summed E-state index contributed by atoms with van der Waals surface area (Å²) in [6, 6.07) is 0. The van der Waals surface area contributed by atoms with Crippen LogP contribution in [-0.4, -0.2) is 75.4 Å². The highest BCUT2D eigenvalue weighted by molar-refractivity contribution is 8.00. The molecule has 6 nitrogen and oxygen atoms in total. The number of carboxylic acid groups (broad SMARTS) is 1. The van der Waals surface area contributed by atoms with Gasteiger partial charge in [-0.2, -0.15) is 0 Å². The zero-order valence-corrected chi connectivity index (χ0v) is 12.2. The Labute approximate surface area is 121 Å². The highest BCUT2D eigenvalue weighted by Crippen LogP contribution is 2.41. The number of aliphatic carboxylic acids is 1. The molecule has 2 fully saturated rings. The van der Waals surface area contributed by atoms with E-state index in [2.05, 4.69) is 7.05 Å². The number of hydrogen-bond donors (Lipinski definition) is 2. The second kappa shape index (κ2) is 4.75. The normalized spacial score (nSPS) is 32.1. The van der Waals surface area contributed by atoms with E-state index < -0.39 is 23.4 Å². The highest BCUT2D eigenvalue weighted by atomic mass is 32.2. The van der Waals surface area contributed by atoms with Crippen molar-refractivity contribution in [3.63, 3.8) is 0 Å². The third kappa shape index (κ3) is 2.04. The van der Waals surface area contributed by atoms with Crippen LogP contribution in [0.2, 0.25) is 0 Å². The van der Waals surface area contributed by atoms with Gasteiger partial charge in [0.05, 0.1) is 20.1 Å². The van der Waals surface area contributed by atoms with Crippen LogP contribution in [0.1, 0.15) is 12.8 Å². The van der Waals surface area contributed by atoms with Crippen molar-refractivity contribution in [3.05, 3.63) is 11.3 Å². The summed E-state index contributed by atoms with van der Waals surface area (Å²) < 4.78 is 0.849. The Balaban J connectivity index is 1.90. The van der Waals surface area contributed by atoms with E-state index in [0.29, 0.717) is 12.3 Å². The first-order chi connectivity index (χ1) is 9.43. The number of quaternary nitrogens is 1. The van der Waals surface area contributed by atoms with Gasteiger partial charge in [0.15, 0.2) is 6.10 Å². The van der Waals surface area contributed by atoms with Gasteiger partial charge < -0.3 is 14.7 Å². The molecule has 3 rings (SSSR count). The van der Waals surface area contributed by atoms with Crippen LogP contribution < -0.4 is 0 Å². The second-order valence-electron chi connectivity index (χ2n) is 6.04. The van der Waals surface area contributed by atoms with Crippen LogP contribution in [0.25, 0.3) is 0 Å². The van der Waals surface area contributed by atoms with Gasteiger partial charge in [-0.3, -0.25) is 9.69 Å². The Bertz CT molecular complexity index is 499. The number of likely N-dealkylation sites (N-methyl/N-ethyl adjacent to an activating group) is 1. The van der Waals surface area contributed by atoms with Crippen LogP contribution in [0.5, 0.6) is 0 Å². The topological polar surface area (TPSA) is 77.8 Å². The van der Waals surface area contributed by atoms with Crippen molar-refractivity contribution in [1.29, 1.82) is 0 Å². The molecule has 2 saturated heterocycles. The van der Waals surface area contributed by atoms with Gasteiger partial charge in [0, 0.05) is 24.2 Å². The number of hydrogen-bond acceptors (Lipinski definition) is 4. The van der Waals surface area contributed by atoms with Crippen molar-refractivity contribution in [1.82, 2.24) is 4.90 Å². The Morgan fingerprint density at radius 2 is 2.10 bits per heavy atom. The number of amides is 1. The molecule has 0 spiro atoms. The molecule has 0 aromatic heterocycles. The van der Waals surface area contributed by atoms with Gasteiger partial charge in [-0.1, -0.05) is 0 Å². The highest BCUT2D eigenvalue weighted by Gasteiger charge is 2.53. The van der Waals surface area contributed by atoms with Crippen LogP contribution >= 0.6 is 11.8 Å². The summed E-state index contributed by atoms with van der Waals surface area (Å²) in [5, 5.41) is 18.6. The average Bonchev–Trinajstić information content (AvgIpc) is 2.83. The zero-order valence-electron chi connectivity index (χ0n) is 11.4. The summed E-state index contributed by atoms with van der Waals surface area (Å²) in [6.07, 6.45) is 1.29. The fourth-order valence-corrected chi connectivity index (χ4v) is 4.63. The first-order valence-corrected chi connectivity index (χ1v) is 7.89. The molecule has 0 bridgehead atoms. The molecular formula is C13H19N2O4S+. The number of thioether (sulfide) groups is 1. The van der Waals surface area contributed by atoms with Crippen LogP contribution in [0.3, 0.4) is 0 Å². The Morgan fingerprint density at radius 1 is 1.45 bits per heavy atom. The minimum absolute atomic E-state index is 0.107. The number of fused-ring (bicyclic) bond motifs is 1. The fraction of sp³-hybridized carbons (Fsp3) is 0.692. The maximum absolute atomic E-state index is 11.7. The largest absolute Gasteiger partial charge is 0.477 e. The standard InChI is InChI=1S/C13H18N2O4S/c1-15(4-2-3-5-15)6-8-7-20-12-10(16)11(17)14(12)9(8)13(18)19/h10,12,16H,2-7H2,1H3/p+1/t10?,12-/m1/s1. The lowest BCUT2D eigenvalue weighted by Crippen LogP contribution is -2.65. The van der Waals surface area contributed by atoms with Crippen molar-refractivity contribution >= 4 is 23.6 Å². The van der Waals surface area contributed by atoms with Gasteiger partial charge in [0.25, 0.3) is 5.91 Å². The first-order valence-electron chi connectivity index (χ1n) is 6.84. The minimum Gasteiger partial charge on any atom is -0.477 e. The summed E-state index contributed by atoms with van der Waals surface area (Å²) in [5.74, 6) is -0.960. The summed E-state index contributed by atoms with van der Waals surface area (Å²) >= 11 is 1.46. The first kappa shape index (κ1) is 13.9. The van der Waals surface area contributed by atoms with E-state index in [1.807, 2.05) is 0 Å². The molecule has 110 valence electrons. The molecule has 2 atom stereocenters. The number of aliphatic hydroxyl groups excluding tert-OH is 1. The smallest absolute Gasteiger partial charge is 0.352 e. The van der Waals surface area contributed by atoms with Crippen LogP contribution in [-0.2, 0) is 9.59 Å². The molecule has 1 unspecified atom stereocenters. The van der Waals surface area contributed by atoms with E-state index in [1.54, 1.807) is 0 Å². The van der Waals surface area contributed by atoms with Gasteiger partial charge in [0.2, 0.25) is 0 Å². The van der Waals surface area contributed by atoms with Crippen molar-refractivity contribution < 1.29 is 24.3 Å². The lowest BCUT2D eigenvalue weighted by Gasteiger charge is -2.47. The SMILES string of the molecule is C[N+]1(CC2=C(C(=O)O)N3C(=O)C(O)[C@H]3SC2)CCCC1. The molecule has 3 heterocycles. The van der Waals surface area contributed by atoms with E-state index in [9.17, 15) is 19.8 Å². The summed E-state index contributed by atoms with van der Waals surface area (Å²) in [7, 11) is 2.14. The lowest BCUT2D eigenvalue weighted by molar-refractivity contribution is -0.893.